The van der Waals surface area contributed by atoms with Gasteiger partial charge in [-0.2, -0.15) is 0 Å². The molecule has 0 aromatic carbocycles. The summed E-state index contributed by atoms with van der Waals surface area (Å²) in [5.41, 5.74) is 0.590. The maximum absolute atomic E-state index is 11.7. The predicted octanol–water partition coefficient (Wildman–Crippen LogP) is 2.14. The second-order valence-corrected chi connectivity index (χ2v) is 6.28. The number of rotatable bonds is 2. The van der Waals surface area contributed by atoms with Gasteiger partial charge in [0, 0.05) is 5.92 Å². The maximum atomic E-state index is 11.7. The van der Waals surface area contributed by atoms with Gasteiger partial charge in [0.2, 0.25) is 0 Å². The molecule has 1 N–H and O–H groups in total. The van der Waals surface area contributed by atoms with Crippen LogP contribution in [0.1, 0.15) is 27.2 Å². The van der Waals surface area contributed by atoms with Gasteiger partial charge in [-0.05, 0) is 33.3 Å². The molecule has 110 valence electrons. The fourth-order valence-electron chi connectivity index (χ4n) is 3.48. The third-order valence-electron chi connectivity index (χ3n) is 4.43. The molecule has 1 unspecified atom stereocenters. The number of amides is 1. The number of nitrogens with one attached hydrogen (secondary N) is 1. The van der Waals surface area contributed by atoms with Crippen molar-refractivity contribution in [1.29, 1.82) is 0 Å². The van der Waals surface area contributed by atoms with Gasteiger partial charge in [-0.3, -0.25) is 0 Å². The van der Waals surface area contributed by atoms with Crippen molar-refractivity contribution < 1.29 is 19.0 Å². The Kier molecular flexibility index (Phi) is 2.95. The average Bonchev–Trinajstić information content (AvgIpc) is 2.87. The third-order valence-corrected chi connectivity index (χ3v) is 4.43. The molecule has 2 heterocycles. The van der Waals surface area contributed by atoms with Crippen LogP contribution in [0.15, 0.2) is 24.3 Å². The number of hydrogen-bond acceptors (Lipinski definition) is 4. The van der Waals surface area contributed by atoms with Crippen molar-refractivity contribution in [3.8, 4) is 0 Å². The van der Waals surface area contributed by atoms with Gasteiger partial charge in [-0.15, -0.1) is 6.58 Å². The second-order valence-electron chi connectivity index (χ2n) is 6.28. The van der Waals surface area contributed by atoms with Crippen LogP contribution >= 0.6 is 0 Å². The molecule has 4 atom stereocenters. The zero-order valence-corrected chi connectivity index (χ0v) is 12.1. The van der Waals surface area contributed by atoms with Crippen LogP contribution in [-0.2, 0) is 14.2 Å². The summed E-state index contributed by atoms with van der Waals surface area (Å²) in [7, 11) is 0. The molecular formula is C15H21NO4. The molecule has 0 aromatic heterocycles. The first-order chi connectivity index (χ1) is 9.36. The first-order valence-electron chi connectivity index (χ1n) is 6.98. The van der Waals surface area contributed by atoms with Crippen molar-refractivity contribution in [2.24, 2.45) is 5.92 Å². The van der Waals surface area contributed by atoms with Crippen LogP contribution in [0.2, 0.25) is 0 Å². The molecule has 2 saturated heterocycles. The zero-order chi connectivity index (χ0) is 14.5. The predicted molar refractivity (Wildman–Crippen MR) is 73.1 cm³/mol. The highest BCUT2D eigenvalue weighted by molar-refractivity contribution is 5.73. The summed E-state index contributed by atoms with van der Waals surface area (Å²) in [6.45, 7) is 10.3. The fraction of sp³-hybridized carbons (Fsp3) is 0.667. The lowest BCUT2D eigenvalue weighted by Crippen LogP contribution is -2.58. The van der Waals surface area contributed by atoms with Crippen molar-refractivity contribution in [3.05, 3.63) is 24.3 Å². The molecule has 0 bridgehead atoms. The number of fused-ring (bicyclic) bond motifs is 1. The molecule has 5 nitrogen and oxygen atoms in total. The van der Waals surface area contributed by atoms with Crippen molar-refractivity contribution in [1.82, 2.24) is 5.32 Å². The summed E-state index contributed by atoms with van der Waals surface area (Å²) in [5, 5.41) is 2.93. The van der Waals surface area contributed by atoms with E-state index in [1.165, 1.54) is 5.57 Å². The smallest absolute Gasteiger partial charge is 0.408 e. The first kappa shape index (κ1) is 13.6. The van der Waals surface area contributed by atoms with Gasteiger partial charge < -0.3 is 19.5 Å². The Labute approximate surface area is 119 Å². The zero-order valence-electron chi connectivity index (χ0n) is 12.1. The highest BCUT2D eigenvalue weighted by Gasteiger charge is 2.57. The largest absolute Gasteiger partial charge is 0.439 e. The minimum Gasteiger partial charge on any atom is -0.439 e. The molecule has 2 fully saturated rings. The Morgan fingerprint density at radius 2 is 2.25 bits per heavy atom. The summed E-state index contributed by atoms with van der Waals surface area (Å²) >= 11 is 0. The van der Waals surface area contributed by atoms with E-state index < -0.39 is 17.4 Å². The van der Waals surface area contributed by atoms with Gasteiger partial charge in [-0.1, -0.05) is 11.6 Å². The molecule has 2 aliphatic heterocycles. The standard InChI is InChI=1S/C15H21NO4/c1-5-15-10(11-8-18-14(3,4)20-11)6-9(2)7-12(15)19-13(17)16-15/h5,7,10-12H,1,6,8H2,2-4H3,(H,16,17)/t10?,11-,12+,15-/m1/s1. The van der Waals surface area contributed by atoms with E-state index in [9.17, 15) is 4.79 Å². The summed E-state index contributed by atoms with van der Waals surface area (Å²) < 4.78 is 17.1. The SMILES string of the molecule is C=C[C@]12NC(=O)O[C@H]1C=C(C)CC2[C@H]1COC(C)(C)O1. The Bertz CT molecular complexity index is 484. The molecular weight excluding hydrogens is 258 g/mol. The van der Waals surface area contributed by atoms with E-state index in [0.717, 1.165) is 6.42 Å². The third kappa shape index (κ3) is 1.96. The van der Waals surface area contributed by atoms with Crippen LogP contribution in [0.25, 0.3) is 0 Å². The normalized spacial score (nSPS) is 42.5. The lowest BCUT2D eigenvalue weighted by molar-refractivity contribution is -0.148. The fourth-order valence-corrected chi connectivity index (χ4v) is 3.48. The second kappa shape index (κ2) is 4.33. The van der Waals surface area contributed by atoms with Crippen LogP contribution < -0.4 is 5.32 Å². The van der Waals surface area contributed by atoms with E-state index in [4.69, 9.17) is 14.2 Å². The van der Waals surface area contributed by atoms with Crippen LogP contribution in [0.4, 0.5) is 4.79 Å². The van der Waals surface area contributed by atoms with Gasteiger partial charge in [0.05, 0.1) is 12.7 Å². The van der Waals surface area contributed by atoms with Gasteiger partial charge in [0.25, 0.3) is 0 Å². The minimum atomic E-state index is -0.606. The molecule has 0 saturated carbocycles. The molecule has 0 spiro atoms. The quantitative estimate of drug-likeness (QED) is 0.787. The highest BCUT2D eigenvalue weighted by Crippen LogP contribution is 2.44. The maximum Gasteiger partial charge on any atom is 0.408 e. The molecule has 1 amide bonds. The van der Waals surface area contributed by atoms with Gasteiger partial charge in [-0.25, -0.2) is 4.79 Å². The van der Waals surface area contributed by atoms with E-state index in [0.29, 0.717) is 6.61 Å². The Hall–Kier alpha value is -1.33. The molecule has 1 aliphatic carbocycles. The first-order valence-corrected chi connectivity index (χ1v) is 6.98. The lowest BCUT2D eigenvalue weighted by Gasteiger charge is -2.42. The molecule has 0 radical (unpaired) electrons. The number of alkyl carbamates (subject to hydrolysis) is 1. The monoisotopic (exact) mass is 279 g/mol. The molecule has 0 aromatic rings. The van der Waals surface area contributed by atoms with E-state index in [1.54, 1.807) is 6.08 Å². The molecule has 3 rings (SSSR count). The van der Waals surface area contributed by atoms with Crippen LogP contribution in [0, 0.1) is 5.92 Å². The van der Waals surface area contributed by atoms with Crippen LogP contribution in [-0.4, -0.2) is 36.2 Å². The van der Waals surface area contributed by atoms with Crippen LogP contribution in [0.3, 0.4) is 0 Å². The highest BCUT2D eigenvalue weighted by atomic mass is 16.7. The summed E-state index contributed by atoms with van der Waals surface area (Å²) in [6.07, 6.45) is 3.80. The Balaban J connectivity index is 1.95. The lowest BCUT2D eigenvalue weighted by atomic mass is 9.69. The van der Waals surface area contributed by atoms with Crippen molar-refractivity contribution in [2.45, 2.75) is 50.7 Å². The van der Waals surface area contributed by atoms with Crippen molar-refractivity contribution >= 4 is 6.09 Å². The average molecular weight is 279 g/mol. The van der Waals surface area contributed by atoms with Gasteiger partial charge >= 0.3 is 6.09 Å². The van der Waals surface area contributed by atoms with Crippen molar-refractivity contribution in [2.75, 3.05) is 6.61 Å². The summed E-state index contributed by atoms with van der Waals surface area (Å²) in [5.74, 6) is -0.524. The number of allylic oxidation sites excluding steroid dienone is 1. The number of hydrogen-bond donors (Lipinski definition) is 1. The van der Waals surface area contributed by atoms with Crippen LogP contribution in [0.5, 0.6) is 0 Å². The Morgan fingerprint density at radius 3 is 2.85 bits per heavy atom. The van der Waals surface area contributed by atoms with E-state index in [1.807, 2.05) is 26.8 Å². The van der Waals surface area contributed by atoms with E-state index in [2.05, 4.69) is 11.9 Å². The van der Waals surface area contributed by atoms with E-state index >= 15 is 0 Å². The minimum absolute atomic E-state index is 0.0585. The number of carbonyl (C=O) groups is 1. The molecule has 5 heteroatoms. The van der Waals surface area contributed by atoms with Gasteiger partial charge in [0.15, 0.2) is 5.79 Å². The number of carbonyl (C=O) groups excluding carboxylic acids is 1. The van der Waals surface area contributed by atoms with E-state index in [-0.39, 0.29) is 18.1 Å². The number of ether oxygens (including phenoxy) is 3. The summed E-state index contributed by atoms with van der Waals surface area (Å²) in [6, 6.07) is 0. The summed E-state index contributed by atoms with van der Waals surface area (Å²) in [4.78, 5) is 11.7. The van der Waals surface area contributed by atoms with Gasteiger partial charge in [0.1, 0.15) is 11.6 Å². The topological polar surface area (TPSA) is 56.8 Å². The van der Waals surface area contributed by atoms with Crippen molar-refractivity contribution in [3.63, 3.8) is 0 Å². The molecule has 20 heavy (non-hydrogen) atoms. The molecule has 3 aliphatic rings. The Morgan fingerprint density at radius 1 is 1.50 bits per heavy atom.